The number of likely N-dealkylation sites (N-methyl/N-ethyl adjacent to an activating group) is 1. The number of rotatable bonds is 5. The van der Waals surface area contributed by atoms with E-state index in [0.29, 0.717) is 12.1 Å². The van der Waals surface area contributed by atoms with Crippen molar-refractivity contribution < 1.29 is 0 Å². The quantitative estimate of drug-likeness (QED) is 0.712. The number of hydrogen-bond acceptors (Lipinski definition) is 2. The van der Waals surface area contributed by atoms with Gasteiger partial charge in [0, 0.05) is 25.2 Å². The average molecular weight is 188 g/mol. The SMILES string of the molecule is CC.CNCCN(C(C)C)C(C)C. The van der Waals surface area contributed by atoms with Crippen LogP contribution in [0.2, 0.25) is 0 Å². The second-order valence-electron chi connectivity index (χ2n) is 3.53. The molecule has 0 aliphatic heterocycles. The standard InChI is InChI=1S/C9H22N2.C2H6/c1-8(2)11(9(3)4)7-6-10-5;1-2/h8-10H,6-7H2,1-5H3;1-2H3. The molecule has 0 heterocycles. The van der Waals surface area contributed by atoms with Gasteiger partial charge in [-0.15, -0.1) is 0 Å². The van der Waals surface area contributed by atoms with Crippen LogP contribution in [0.25, 0.3) is 0 Å². The van der Waals surface area contributed by atoms with Crippen LogP contribution in [0.5, 0.6) is 0 Å². The van der Waals surface area contributed by atoms with Gasteiger partial charge in [0.25, 0.3) is 0 Å². The molecule has 0 aromatic heterocycles. The van der Waals surface area contributed by atoms with Crippen molar-refractivity contribution in [2.24, 2.45) is 0 Å². The van der Waals surface area contributed by atoms with Gasteiger partial charge in [-0.05, 0) is 34.7 Å². The van der Waals surface area contributed by atoms with Crippen LogP contribution >= 0.6 is 0 Å². The number of nitrogens with zero attached hydrogens (tertiary/aromatic N) is 1. The summed E-state index contributed by atoms with van der Waals surface area (Å²) >= 11 is 0. The molecule has 0 spiro atoms. The van der Waals surface area contributed by atoms with Crippen molar-refractivity contribution in [2.75, 3.05) is 20.1 Å². The van der Waals surface area contributed by atoms with Crippen molar-refractivity contribution in [3.05, 3.63) is 0 Å². The Balaban J connectivity index is 0. The summed E-state index contributed by atoms with van der Waals surface area (Å²) < 4.78 is 0. The van der Waals surface area contributed by atoms with Crippen LogP contribution in [-0.2, 0) is 0 Å². The second kappa shape index (κ2) is 10.0. The van der Waals surface area contributed by atoms with E-state index in [1.807, 2.05) is 20.9 Å². The molecule has 0 bridgehead atoms. The van der Waals surface area contributed by atoms with Crippen LogP contribution in [0.4, 0.5) is 0 Å². The molecule has 0 rings (SSSR count). The molecule has 0 aromatic rings. The van der Waals surface area contributed by atoms with E-state index in [4.69, 9.17) is 0 Å². The van der Waals surface area contributed by atoms with Gasteiger partial charge >= 0.3 is 0 Å². The highest BCUT2D eigenvalue weighted by atomic mass is 15.2. The molecule has 82 valence electrons. The predicted octanol–water partition coefficient (Wildman–Crippen LogP) is 2.35. The highest BCUT2D eigenvalue weighted by Gasteiger charge is 2.11. The van der Waals surface area contributed by atoms with Crippen molar-refractivity contribution in [3.8, 4) is 0 Å². The summed E-state index contributed by atoms with van der Waals surface area (Å²) in [6, 6.07) is 1.31. The molecule has 0 fully saturated rings. The fourth-order valence-electron chi connectivity index (χ4n) is 1.35. The monoisotopic (exact) mass is 188 g/mol. The summed E-state index contributed by atoms with van der Waals surface area (Å²) in [5.74, 6) is 0. The first-order valence-electron chi connectivity index (χ1n) is 5.50. The van der Waals surface area contributed by atoms with Crippen LogP contribution in [0, 0.1) is 0 Å². The molecule has 0 unspecified atom stereocenters. The van der Waals surface area contributed by atoms with Crippen molar-refractivity contribution in [1.29, 1.82) is 0 Å². The molecule has 13 heavy (non-hydrogen) atoms. The first-order valence-corrected chi connectivity index (χ1v) is 5.50. The molecular weight excluding hydrogens is 160 g/mol. The molecule has 0 aliphatic rings. The van der Waals surface area contributed by atoms with Gasteiger partial charge in [0.2, 0.25) is 0 Å². The summed E-state index contributed by atoms with van der Waals surface area (Å²) in [5, 5.41) is 3.17. The summed E-state index contributed by atoms with van der Waals surface area (Å²) in [6.45, 7) is 15.2. The summed E-state index contributed by atoms with van der Waals surface area (Å²) in [5.41, 5.74) is 0. The molecule has 0 amide bonds. The molecule has 1 N–H and O–H groups in total. The topological polar surface area (TPSA) is 15.3 Å². The lowest BCUT2D eigenvalue weighted by Crippen LogP contribution is -2.40. The fraction of sp³-hybridized carbons (Fsp3) is 1.00. The molecule has 0 saturated carbocycles. The van der Waals surface area contributed by atoms with E-state index in [2.05, 4.69) is 37.9 Å². The van der Waals surface area contributed by atoms with Gasteiger partial charge in [0.05, 0.1) is 0 Å². The van der Waals surface area contributed by atoms with Crippen LogP contribution < -0.4 is 5.32 Å². The van der Waals surface area contributed by atoms with Gasteiger partial charge in [-0.2, -0.15) is 0 Å². The van der Waals surface area contributed by atoms with Gasteiger partial charge in [0.1, 0.15) is 0 Å². The summed E-state index contributed by atoms with van der Waals surface area (Å²) in [7, 11) is 2.00. The lowest BCUT2D eigenvalue weighted by Gasteiger charge is -2.30. The average Bonchev–Trinajstić information content (AvgIpc) is 2.07. The van der Waals surface area contributed by atoms with E-state index in [1.165, 1.54) is 0 Å². The summed E-state index contributed by atoms with van der Waals surface area (Å²) in [4.78, 5) is 2.48. The van der Waals surface area contributed by atoms with Crippen LogP contribution in [0.15, 0.2) is 0 Å². The number of nitrogens with one attached hydrogen (secondary N) is 1. The third-order valence-corrected chi connectivity index (χ3v) is 1.95. The Kier molecular flexibility index (Phi) is 11.8. The van der Waals surface area contributed by atoms with Gasteiger partial charge in [-0.1, -0.05) is 13.8 Å². The van der Waals surface area contributed by atoms with E-state index in [1.54, 1.807) is 0 Å². The minimum Gasteiger partial charge on any atom is -0.318 e. The molecule has 2 nitrogen and oxygen atoms in total. The minimum absolute atomic E-state index is 0.656. The second-order valence-corrected chi connectivity index (χ2v) is 3.53. The van der Waals surface area contributed by atoms with Crippen molar-refractivity contribution in [3.63, 3.8) is 0 Å². The molecule has 0 aromatic carbocycles. The van der Waals surface area contributed by atoms with Gasteiger partial charge in [0.15, 0.2) is 0 Å². The Morgan fingerprint density at radius 1 is 1.00 bits per heavy atom. The van der Waals surface area contributed by atoms with Crippen molar-refractivity contribution in [2.45, 2.75) is 53.6 Å². The molecule has 0 saturated heterocycles. The first kappa shape index (κ1) is 15.4. The first-order chi connectivity index (χ1) is 6.09. The molecule has 2 heteroatoms. The molecule has 0 radical (unpaired) electrons. The Morgan fingerprint density at radius 2 is 1.38 bits per heavy atom. The van der Waals surface area contributed by atoms with Crippen LogP contribution in [0.1, 0.15) is 41.5 Å². The van der Waals surface area contributed by atoms with Crippen LogP contribution in [-0.4, -0.2) is 37.1 Å². The van der Waals surface area contributed by atoms with E-state index >= 15 is 0 Å². The maximum Gasteiger partial charge on any atom is 0.0112 e. The third kappa shape index (κ3) is 8.26. The zero-order valence-electron chi connectivity index (χ0n) is 10.5. The Labute approximate surface area is 84.7 Å². The molecular formula is C11H28N2. The Hall–Kier alpha value is -0.0800. The highest BCUT2D eigenvalue weighted by Crippen LogP contribution is 2.02. The van der Waals surface area contributed by atoms with Gasteiger partial charge in [-0.3, -0.25) is 4.90 Å². The molecule has 0 aliphatic carbocycles. The smallest absolute Gasteiger partial charge is 0.0112 e. The van der Waals surface area contributed by atoms with E-state index in [-0.39, 0.29) is 0 Å². The van der Waals surface area contributed by atoms with Gasteiger partial charge in [-0.25, -0.2) is 0 Å². The van der Waals surface area contributed by atoms with E-state index in [9.17, 15) is 0 Å². The van der Waals surface area contributed by atoms with Gasteiger partial charge < -0.3 is 5.32 Å². The maximum atomic E-state index is 3.17. The fourth-order valence-corrected chi connectivity index (χ4v) is 1.35. The Bertz CT molecular complexity index is 82.1. The van der Waals surface area contributed by atoms with Crippen molar-refractivity contribution >= 4 is 0 Å². The summed E-state index contributed by atoms with van der Waals surface area (Å²) in [6.07, 6.45) is 0. The number of hydrogen-bond donors (Lipinski definition) is 1. The lowest BCUT2D eigenvalue weighted by atomic mass is 10.2. The van der Waals surface area contributed by atoms with E-state index in [0.717, 1.165) is 13.1 Å². The zero-order chi connectivity index (χ0) is 10.9. The van der Waals surface area contributed by atoms with Crippen molar-refractivity contribution in [1.82, 2.24) is 10.2 Å². The minimum atomic E-state index is 0.656. The third-order valence-electron chi connectivity index (χ3n) is 1.95. The normalized spacial score (nSPS) is 10.6. The Morgan fingerprint density at radius 3 is 1.62 bits per heavy atom. The highest BCUT2D eigenvalue weighted by molar-refractivity contribution is 4.67. The van der Waals surface area contributed by atoms with Crippen LogP contribution in [0.3, 0.4) is 0 Å². The largest absolute Gasteiger partial charge is 0.318 e. The zero-order valence-corrected chi connectivity index (χ0v) is 10.5. The molecule has 0 atom stereocenters. The maximum absolute atomic E-state index is 3.17. The lowest BCUT2D eigenvalue weighted by molar-refractivity contribution is 0.177. The predicted molar refractivity (Wildman–Crippen MR) is 62.3 cm³/mol. The van der Waals surface area contributed by atoms with E-state index < -0.39 is 0 Å².